The number of thiazole rings is 1. The lowest BCUT2D eigenvalue weighted by atomic mass is 9.89. The van der Waals surface area contributed by atoms with Gasteiger partial charge in [0, 0.05) is 24.4 Å². The Labute approximate surface area is 166 Å². The fourth-order valence-electron chi connectivity index (χ4n) is 3.54. The first kappa shape index (κ1) is 17.6. The monoisotopic (exact) mass is 397 g/mol. The van der Waals surface area contributed by atoms with Gasteiger partial charge in [-0.2, -0.15) is 9.37 Å². The molecule has 1 fully saturated rings. The molecule has 1 aliphatic heterocycles. The van der Waals surface area contributed by atoms with Crippen molar-refractivity contribution in [3.05, 3.63) is 54.0 Å². The molecule has 0 radical (unpaired) electrons. The van der Waals surface area contributed by atoms with E-state index in [9.17, 15) is 4.39 Å². The van der Waals surface area contributed by atoms with E-state index >= 15 is 0 Å². The Bertz CT molecular complexity index is 996. The third-order valence-electron chi connectivity index (χ3n) is 5.08. The first-order valence-electron chi connectivity index (χ1n) is 9.47. The Kier molecular flexibility index (Phi) is 4.70. The molecule has 2 aromatic heterocycles. The standard InChI is InChI=1S/C21H20FN3O2S/c22-19-8-7-16(13-4-3-9-26-12-13)20(25-19)27-15-10-14(11-15)23-21-24-17-5-1-2-6-18(17)28-21/h1-2,4-8,14-15H,3,9-12H2,(H,23,24). The van der Waals surface area contributed by atoms with E-state index < -0.39 is 5.95 Å². The van der Waals surface area contributed by atoms with Crippen LogP contribution in [-0.4, -0.2) is 35.3 Å². The first-order valence-corrected chi connectivity index (χ1v) is 10.3. The molecule has 28 heavy (non-hydrogen) atoms. The van der Waals surface area contributed by atoms with E-state index in [-0.39, 0.29) is 6.10 Å². The van der Waals surface area contributed by atoms with Gasteiger partial charge in [-0.15, -0.1) is 0 Å². The van der Waals surface area contributed by atoms with Crippen LogP contribution < -0.4 is 10.1 Å². The van der Waals surface area contributed by atoms with Crippen LogP contribution in [-0.2, 0) is 4.74 Å². The largest absolute Gasteiger partial charge is 0.474 e. The van der Waals surface area contributed by atoms with Crippen LogP contribution in [0.4, 0.5) is 9.52 Å². The van der Waals surface area contributed by atoms with Crippen molar-refractivity contribution >= 4 is 32.3 Å². The van der Waals surface area contributed by atoms with Gasteiger partial charge in [0.05, 0.1) is 23.4 Å². The van der Waals surface area contributed by atoms with E-state index in [1.165, 1.54) is 10.8 Å². The quantitative estimate of drug-likeness (QED) is 0.635. The summed E-state index contributed by atoms with van der Waals surface area (Å²) in [5.74, 6) is -0.167. The number of ether oxygens (including phenoxy) is 2. The zero-order valence-electron chi connectivity index (χ0n) is 15.2. The number of nitrogens with zero attached hydrogens (tertiary/aromatic N) is 2. The summed E-state index contributed by atoms with van der Waals surface area (Å²) < 4.78 is 26.4. The van der Waals surface area contributed by atoms with Crippen LogP contribution in [0.1, 0.15) is 24.8 Å². The SMILES string of the molecule is Fc1ccc(C2=CCCOC2)c(OC2CC(Nc3nc4ccccc4s3)C2)n1. The molecule has 1 aliphatic carbocycles. The molecule has 0 bridgehead atoms. The van der Waals surface area contributed by atoms with Gasteiger partial charge in [-0.25, -0.2) is 4.98 Å². The summed E-state index contributed by atoms with van der Waals surface area (Å²) in [6, 6.07) is 11.5. The van der Waals surface area contributed by atoms with Crippen LogP contribution in [0, 0.1) is 5.95 Å². The molecule has 5 rings (SSSR count). The Morgan fingerprint density at radius 1 is 1.14 bits per heavy atom. The number of halogens is 1. The van der Waals surface area contributed by atoms with Crippen LogP contribution in [0.5, 0.6) is 5.88 Å². The molecule has 1 aromatic carbocycles. The molecular weight excluding hydrogens is 377 g/mol. The lowest BCUT2D eigenvalue weighted by Gasteiger charge is -2.35. The second kappa shape index (κ2) is 7.48. The topological polar surface area (TPSA) is 56.3 Å². The smallest absolute Gasteiger partial charge is 0.224 e. The summed E-state index contributed by atoms with van der Waals surface area (Å²) in [4.78, 5) is 8.61. The average Bonchev–Trinajstić information content (AvgIpc) is 3.10. The highest BCUT2D eigenvalue weighted by Gasteiger charge is 2.32. The zero-order chi connectivity index (χ0) is 18.9. The summed E-state index contributed by atoms with van der Waals surface area (Å²) >= 11 is 1.66. The Hall–Kier alpha value is -2.51. The Balaban J connectivity index is 1.24. The van der Waals surface area contributed by atoms with Crippen LogP contribution in [0.15, 0.2) is 42.5 Å². The normalized spacial score (nSPS) is 21.8. The number of rotatable bonds is 5. The van der Waals surface area contributed by atoms with Gasteiger partial charge in [0.1, 0.15) is 6.10 Å². The maximum absolute atomic E-state index is 13.7. The Morgan fingerprint density at radius 3 is 2.86 bits per heavy atom. The number of nitrogens with one attached hydrogen (secondary N) is 1. The molecule has 0 saturated heterocycles. The highest BCUT2D eigenvalue weighted by atomic mass is 32.1. The second-order valence-electron chi connectivity index (χ2n) is 7.10. The minimum atomic E-state index is -0.528. The van der Waals surface area contributed by atoms with Crippen molar-refractivity contribution in [1.29, 1.82) is 0 Å². The molecule has 0 atom stereocenters. The van der Waals surface area contributed by atoms with E-state index in [0.29, 0.717) is 18.5 Å². The number of benzene rings is 1. The number of anilines is 1. The van der Waals surface area contributed by atoms with Crippen molar-refractivity contribution in [3.63, 3.8) is 0 Å². The van der Waals surface area contributed by atoms with Gasteiger partial charge in [-0.3, -0.25) is 0 Å². The molecule has 3 aromatic rings. The molecule has 2 aliphatic rings. The summed E-state index contributed by atoms with van der Waals surface area (Å²) in [5, 5.41) is 4.40. The van der Waals surface area contributed by atoms with Crippen LogP contribution in [0.25, 0.3) is 15.8 Å². The molecule has 144 valence electrons. The fraction of sp³-hybridized carbons (Fsp3) is 0.333. The van der Waals surface area contributed by atoms with Gasteiger partial charge in [0.25, 0.3) is 0 Å². The summed E-state index contributed by atoms with van der Waals surface area (Å²) in [7, 11) is 0. The zero-order valence-corrected chi connectivity index (χ0v) is 16.0. The molecule has 3 heterocycles. The molecule has 1 N–H and O–H groups in total. The molecule has 1 saturated carbocycles. The van der Waals surface area contributed by atoms with Gasteiger partial charge >= 0.3 is 0 Å². The molecule has 0 amide bonds. The predicted molar refractivity (Wildman–Crippen MR) is 108 cm³/mol. The van der Waals surface area contributed by atoms with Crippen molar-refractivity contribution in [2.45, 2.75) is 31.4 Å². The maximum atomic E-state index is 13.7. The van der Waals surface area contributed by atoms with Gasteiger partial charge in [0.15, 0.2) is 5.13 Å². The van der Waals surface area contributed by atoms with E-state index in [2.05, 4.69) is 27.4 Å². The fourth-order valence-corrected chi connectivity index (χ4v) is 4.49. The number of pyridine rings is 1. The number of aromatic nitrogens is 2. The van der Waals surface area contributed by atoms with E-state index in [1.807, 2.05) is 18.2 Å². The summed E-state index contributed by atoms with van der Waals surface area (Å²) in [6.07, 6.45) is 4.66. The molecular formula is C21H20FN3O2S. The van der Waals surface area contributed by atoms with E-state index in [4.69, 9.17) is 9.47 Å². The molecule has 7 heteroatoms. The summed E-state index contributed by atoms with van der Waals surface area (Å²) in [6.45, 7) is 1.23. The maximum Gasteiger partial charge on any atom is 0.224 e. The van der Waals surface area contributed by atoms with E-state index in [1.54, 1.807) is 17.4 Å². The molecule has 5 nitrogen and oxygen atoms in total. The third-order valence-corrected chi connectivity index (χ3v) is 6.04. The van der Waals surface area contributed by atoms with Gasteiger partial charge in [-0.1, -0.05) is 29.5 Å². The third kappa shape index (κ3) is 3.59. The van der Waals surface area contributed by atoms with Gasteiger partial charge in [-0.05, 0) is 36.3 Å². The van der Waals surface area contributed by atoms with Crippen molar-refractivity contribution in [1.82, 2.24) is 9.97 Å². The highest BCUT2D eigenvalue weighted by molar-refractivity contribution is 7.22. The van der Waals surface area contributed by atoms with Crippen LogP contribution in [0.3, 0.4) is 0 Å². The average molecular weight is 397 g/mol. The van der Waals surface area contributed by atoms with Crippen molar-refractivity contribution in [3.8, 4) is 5.88 Å². The molecule has 0 spiro atoms. The summed E-state index contributed by atoms with van der Waals surface area (Å²) in [5.41, 5.74) is 2.85. The number of hydrogen-bond donors (Lipinski definition) is 1. The lowest BCUT2D eigenvalue weighted by Crippen LogP contribution is -2.42. The number of para-hydroxylation sites is 1. The molecule has 0 unspecified atom stereocenters. The Morgan fingerprint density at radius 2 is 2.04 bits per heavy atom. The first-order chi connectivity index (χ1) is 13.7. The van der Waals surface area contributed by atoms with Crippen molar-refractivity contribution < 1.29 is 13.9 Å². The lowest BCUT2D eigenvalue weighted by molar-refractivity contribution is 0.101. The van der Waals surface area contributed by atoms with Gasteiger partial charge in [0.2, 0.25) is 11.8 Å². The van der Waals surface area contributed by atoms with Crippen molar-refractivity contribution in [2.75, 3.05) is 18.5 Å². The van der Waals surface area contributed by atoms with Crippen LogP contribution in [0.2, 0.25) is 0 Å². The van der Waals surface area contributed by atoms with E-state index in [0.717, 1.165) is 47.7 Å². The highest BCUT2D eigenvalue weighted by Crippen LogP contribution is 2.34. The number of hydrogen-bond acceptors (Lipinski definition) is 6. The van der Waals surface area contributed by atoms with Gasteiger partial charge < -0.3 is 14.8 Å². The minimum Gasteiger partial charge on any atom is -0.474 e. The van der Waals surface area contributed by atoms with Crippen LogP contribution >= 0.6 is 11.3 Å². The number of fused-ring (bicyclic) bond motifs is 1. The minimum absolute atomic E-state index is 0.0186. The second-order valence-corrected chi connectivity index (χ2v) is 8.13. The predicted octanol–water partition coefficient (Wildman–Crippen LogP) is 4.66. The van der Waals surface area contributed by atoms with Crippen molar-refractivity contribution in [2.24, 2.45) is 0 Å².